The Morgan fingerprint density at radius 1 is 1.37 bits per heavy atom. The van der Waals surface area contributed by atoms with Gasteiger partial charge in [0.1, 0.15) is 5.82 Å². The van der Waals surface area contributed by atoms with Gasteiger partial charge in [0.25, 0.3) is 0 Å². The van der Waals surface area contributed by atoms with E-state index in [4.69, 9.17) is 5.11 Å². The quantitative estimate of drug-likeness (QED) is 0.854. The highest BCUT2D eigenvalue weighted by Crippen LogP contribution is 2.21. The van der Waals surface area contributed by atoms with Gasteiger partial charge in [-0.3, -0.25) is 4.79 Å². The number of hydrogen-bond donors (Lipinski definition) is 1. The van der Waals surface area contributed by atoms with Crippen molar-refractivity contribution in [2.75, 3.05) is 37.0 Å². The molecule has 19 heavy (non-hydrogen) atoms. The lowest BCUT2D eigenvalue weighted by Crippen LogP contribution is -2.40. The Kier molecular flexibility index (Phi) is 3.82. The average molecular weight is 265 g/mol. The molecule has 2 heterocycles. The van der Waals surface area contributed by atoms with Gasteiger partial charge >= 0.3 is 5.97 Å². The molecule has 7 nitrogen and oxygen atoms in total. The third-order valence-electron chi connectivity index (χ3n) is 3.18. The molecule has 0 spiro atoms. The molecule has 0 aromatic carbocycles. The highest BCUT2D eigenvalue weighted by molar-refractivity contribution is 5.71. The number of aliphatic carboxylic acids is 1. The van der Waals surface area contributed by atoms with Crippen molar-refractivity contribution in [1.29, 1.82) is 0 Å². The molecular formula is C12H19N5O2. The predicted octanol–water partition coefficient (Wildman–Crippen LogP) is 0.547. The molecule has 104 valence electrons. The Morgan fingerprint density at radius 3 is 2.74 bits per heavy atom. The van der Waals surface area contributed by atoms with E-state index in [1.54, 1.807) is 0 Å². The number of carboxylic acid groups (broad SMARTS) is 1. The maximum Gasteiger partial charge on any atom is 0.308 e. The fraction of sp³-hybridized carbons (Fsp3) is 0.667. The van der Waals surface area contributed by atoms with Crippen molar-refractivity contribution in [2.45, 2.75) is 19.8 Å². The third-order valence-corrected chi connectivity index (χ3v) is 3.18. The van der Waals surface area contributed by atoms with Gasteiger partial charge in [0, 0.05) is 27.2 Å². The minimum Gasteiger partial charge on any atom is -0.481 e. The maximum absolute atomic E-state index is 11.1. The first-order valence-electron chi connectivity index (χ1n) is 6.35. The second-order valence-corrected chi connectivity index (χ2v) is 5.00. The molecule has 1 aromatic rings. The Labute approximate surface area is 112 Å². The number of aromatic nitrogens is 3. The van der Waals surface area contributed by atoms with Crippen LogP contribution in [0, 0.1) is 12.8 Å². The Bertz CT molecular complexity index is 477. The first-order chi connectivity index (χ1) is 8.97. The summed E-state index contributed by atoms with van der Waals surface area (Å²) in [4.78, 5) is 27.8. The summed E-state index contributed by atoms with van der Waals surface area (Å²) in [5.74, 6) is 0.727. The first kappa shape index (κ1) is 13.5. The summed E-state index contributed by atoms with van der Waals surface area (Å²) in [6.45, 7) is 3.07. The van der Waals surface area contributed by atoms with Gasteiger partial charge in [0.05, 0.1) is 5.92 Å². The second kappa shape index (κ2) is 5.38. The van der Waals surface area contributed by atoms with Gasteiger partial charge in [0.2, 0.25) is 11.9 Å². The minimum atomic E-state index is -0.747. The molecule has 1 aliphatic rings. The number of aryl methyl sites for hydroxylation is 1. The number of rotatable bonds is 3. The summed E-state index contributed by atoms with van der Waals surface area (Å²) in [6.07, 6.45) is 1.56. The average Bonchev–Trinajstić information content (AvgIpc) is 2.38. The molecule has 1 saturated heterocycles. The van der Waals surface area contributed by atoms with E-state index >= 15 is 0 Å². The van der Waals surface area contributed by atoms with Gasteiger partial charge in [0.15, 0.2) is 0 Å². The molecule has 0 aliphatic carbocycles. The highest BCUT2D eigenvalue weighted by Gasteiger charge is 2.27. The number of carbonyl (C=O) groups is 1. The fourth-order valence-electron chi connectivity index (χ4n) is 2.16. The minimum absolute atomic E-state index is 0.339. The summed E-state index contributed by atoms with van der Waals surface area (Å²) in [6, 6.07) is 0. The van der Waals surface area contributed by atoms with Crippen LogP contribution in [0.25, 0.3) is 0 Å². The summed E-state index contributed by atoms with van der Waals surface area (Å²) in [7, 11) is 3.74. The molecule has 1 N–H and O–H groups in total. The van der Waals surface area contributed by atoms with Crippen molar-refractivity contribution in [3.8, 4) is 0 Å². The number of anilines is 2. The van der Waals surface area contributed by atoms with E-state index in [0.717, 1.165) is 19.4 Å². The standard InChI is InChI=1S/C12H19N5O2/c1-8-13-11(16(2)3)15-12(14-8)17-6-4-5-9(7-17)10(18)19/h9H,4-7H2,1-3H3,(H,18,19). The number of piperidine rings is 1. The van der Waals surface area contributed by atoms with Crippen LogP contribution < -0.4 is 9.80 Å². The molecule has 0 saturated carbocycles. The predicted molar refractivity (Wildman–Crippen MR) is 71.5 cm³/mol. The highest BCUT2D eigenvalue weighted by atomic mass is 16.4. The van der Waals surface area contributed by atoms with Gasteiger partial charge < -0.3 is 14.9 Å². The van der Waals surface area contributed by atoms with E-state index in [0.29, 0.717) is 24.3 Å². The largest absolute Gasteiger partial charge is 0.481 e. The molecule has 1 fully saturated rings. The van der Waals surface area contributed by atoms with E-state index in [-0.39, 0.29) is 5.92 Å². The van der Waals surface area contributed by atoms with Crippen LogP contribution in [-0.2, 0) is 4.79 Å². The monoisotopic (exact) mass is 265 g/mol. The molecule has 0 bridgehead atoms. The Hall–Kier alpha value is -1.92. The van der Waals surface area contributed by atoms with Gasteiger partial charge in [-0.2, -0.15) is 15.0 Å². The molecule has 7 heteroatoms. The lowest BCUT2D eigenvalue weighted by Gasteiger charge is -2.31. The molecular weight excluding hydrogens is 246 g/mol. The normalized spacial score (nSPS) is 19.3. The summed E-state index contributed by atoms with van der Waals surface area (Å²) in [5, 5.41) is 9.11. The molecule has 1 unspecified atom stereocenters. The van der Waals surface area contributed by atoms with Crippen LogP contribution in [0.2, 0.25) is 0 Å². The van der Waals surface area contributed by atoms with Crippen molar-refractivity contribution in [3.05, 3.63) is 5.82 Å². The molecule has 0 amide bonds. The van der Waals surface area contributed by atoms with Crippen molar-refractivity contribution in [2.24, 2.45) is 5.92 Å². The fourth-order valence-corrected chi connectivity index (χ4v) is 2.16. The lowest BCUT2D eigenvalue weighted by molar-refractivity contribution is -0.141. The lowest BCUT2D eigenvalue weighted by atomic mass is 9.99. The van der Waals surface area contributed by atoms with Crippen molar-refractivity contribution >= 4 is 17.9 Å². The zero-order valence-corrected chi connectivity index (χ0v) is 11.5. The van der Waals surface area contributed by atoms with Crippen LogP contribution >= 0.6 is 0 Å². The summed E-state index contributed by atoms with van der Waals surface area (Å²) < 4.78 is 0. The van der Waals surface area contributed by atoms with E-state index in [9.17, 15) is 4.79 Å². The van der Waals surface area contributed by atoms with Gasteiger partial charge in [-0.15, -0.1) is 0 Å². The van der Waals surface area contributed by atoms with Gasteiger partial charge in [-0.25, -0.2) is 0 Å². The van der Waals surface area contributed by atoms with Crippen LogP contribution in [0.5, 0.6) is 0 Å². The third kappa shape index (κ3) is 3.10. The summed E-state index contributed by atoms with van der Waals surface area (Å²) in [5.41, 5.74) is 0. The topological polar surface area (TPSA) is 82.5 Å². The molecule has 1 atom stereocenters. The smallest absolute Gasteiger partial charge is 0.308 e. The number of carboxylic acids is 1. The zero-order valence-electron chi connectivity index (χ0n) is 11.5. The number of hydrogen-bond acceptors (Lipinski definition) is 6. The van der Waals surface area contributed by atoms with E-state index in [1.165, 1.54) is 0 Å². The van der Waals surface area contributed by atoms with Crippen molar-refractivity contribution < 1.29 is 9.90 Å². The molecule has 1 aliphatic heterocycles. The van der Waals surface area contributed by atoms with Crippen molar-refractivity contribution in [3.63, 3.8) is 0 Å². The van der Waals surface area contributed by atoms with Gasteiger partial charge in [-0.05, 0) is 19.8 Å². The van der Waals surface area contributed by atoms with Crippen LogP contribution in [0.3, 0.4) is 0 Å². The van der Waals surface area contributed by atoms with Gasteiger partial charge in [-0.1, -0.05) is 0 Å². The SMILES string of the molecule is Cc1nc(N(C)C)nc(N2CCCC(C(=O)O)C2)n1. The van der Waals surface area contributed by atoms with Crippen LogP contribution in [-0.4, -0.2) is 53.2 Å². The van der Waals surface area contributed by atoms with Crippen LogP contribution in [0.4, 0.5) is 11.9 Å². The molecule has 2 rings (SSSR count). The number of nitrogens with zero attached hydrogens (tertiary/aromatic N) is 5. The van der Waals surface area contributed by atoms with Crippen molar-refractivity contribution in [1.82, 2.24) is 15.0 Å². The van der Waals surface area contributed by atoms with Crippen LogP contribution in [0.1, 0.15) is 18.7 Å². The van der Waals surface area contributed by atoms with E-state index in [1.807, 2.05) is 30.8 Å². The molecule has 1 aromatic heterocycles. The maximum atomic E-state index is 11.1. The van der Waals surface area contributed by atoms with Crippen LogP contribution in [0.15, 0.2) is 0 Å². The Balaban J connectivity index is 2.23. The Morgan fingerprint density at radius 2 is 2.11 bits per heavy atom. The second-order valence-electron chi connectivity index (χ2n) is 5.00. The first-order valence-corrected chi connectivity index (χ1v) is 6.35. The van der Waals surface area contributed by atoms with E-state index in [2.05, 4.69) is 15.0 Å². The molecule has 0 radical (unpaired) electrons. The van der Waals surface area contributed by atoms with E-state index < -0.39 is 5.97 Å². The summed E-state index contributed by atoms with van der Waals surface area (Å²) >= 11 is 0. The zero-order chi connectivity index (χ0) is 14.0.